The molecule has 0 fully saturated rings. The van der Waals surface area contributed by atoms with Crippen LogP contribution in [0.1, 0.15) is 16.8 Å². The molecule has 0 aromatic heterocycles. The normalized spacial score (nSPS) is 11.1. The lowest BCUT2D eigenvalue weighted by molar-refractivity contribution is -0.149. The molecular formula is C16H18BrNO8. The molecule has 0 aliphatic rings. The van der Waals surface area contributed by atoms with Gasteiger partial charge in [0, 0.05) is 4.47 Å². The highest BCUT2D eigenvalue weighted by Crippen LogP contribution is 2.24. The van der Waals surface area contributed by atoms with Gasteiger partial charge in [0.25, 0.3) is 5.91 Å². The van der Waals surface area contributed by atoms with E-state index in [0.717, 1.165) is 14.2 Å². The van der Waals surface area contributed by atoms with Gasteiger partial charge < -0.3 is 24.3 Å². The highest BCUT2D eigenvalue weighted by Gasteiger charge is 2.27. The van der Waals surface area contributed by atoms with Gasteiger partial charge >= 0.3 is 17.9 Å². The molecule has 9 nitrogen and oxygen atoms in total. The van der Waals surface area contributed by atoms with Crippen LogP contribution in [0.2, 0.25) is 0 Å². The molecule has 0 bridgehead atoms. The lowest BCUT2D eigenvalue weighted by atomic mass is 10.1. The minimum absolute atomic E-state index is 0.0517. The Balaban J connectivity index is 3.00. The second-order valence-corrected chi connectivity index (χ2v) is 5.75. The van der Waals surface area contributed by atoms with Gasteiger partial charge in [-0.3, -0.25) is 9.59 Å². The smallest absolute Gasteiger partial charge is 0.343 e. The zero-order valence-electron chi connectivity index (χ0n) is 14.4. The summed E-state index contributed by atoms with van der Waals surface area (Å²) in [5.41, 5.74) is 0.0517. The minimum Gasteiger partial charge on any atom is -0.481 e. The molecule has 0 unspecified atom stereocenters. The number of esters is 3. The van der Waals surface area contributed by atoms with E-state index in [1.807, 2.05) is 0 Å². The van der Waals surface area contributed by atoms with Crippen LogP contribution in [0, 0.1) is 0 Å². The Morgan fingerprint density at radius 2 is 1.69 bits per heavy atom. The molecule has 1 aromatic rings. The zero-order chi connectivity index (χ0) is 19.7. The van der Waals surface area contributed by atoms with Crippen molar-refractivity contribution in [1.82, 2.24) is 5.32 Å². The summed E-state index contributed by atoms with van der Waals surface area (Å²) in [5.74, 6) is -2.74. The molecule has 0 aliphatic heterocycles. The Kier molecular flexibility index (Phi) is 8.56. The number of benzene rings is 1. The molecule has 0 heterocycles. The first kappa shape index (κ1) is 21.4. The largest absolute Gasteiger partial charge is 0.481 e. The first-order valence-electron chi connectivity index (χ1n) is 7.27. The monoisotopic (exact) mass is 431 g/mol. The van der Waals surface area contributed by atoms with Crippen LogP contribution in [0.3, 0.4) is 0 Å². The number of hydrogen-bond donors (Lipinski definition) is 1. The average Bonchev–Trinajstić information content (AvgIpc) is 2.64. The number of halogens is 1. The predicted octanol–water partition coefficient (Wildman–Crippen LogP) is 0.835. The van der Waals surface area contributed by atoms with Crippen LogP contribution in [0.15, 0.2) is 22.7 Å². The van der Waals surface area contributed by atoms with Gasteiger partial charge in [-0.25, -0.2) is 9.59 Å². The van der Waals surface area contributed by atoms with E-state index in [4.69, 9.17) is 4.74 Å². The van der Waals surface area contributed by atoms with E-state index in [1.54, 1.807) is 6.07 Å². The van der Waals surface area contributed by atoms with Crippen LogP contribution in [-0.4, -0.2) is 57.8 Å². The van der Waals surface area contributed by atoms with Gasteiger partial charge in [-0.05, 0) is 18.2 Å². The van der Waals surface area contributed by atoms with Crippen molar-refractivity contribution in [1.29, 1.82) is 0 Å². The molecule has 0 saturated carbocycles. The fourth-order valence-corrected chi connectivity index (χ4v) is 2.16. The summed E-state index contributed by atoms with van der Waals surface area (Å²) >= 11 is 3.23. The quantitative estimate of drug-likeness (QED) is 0.475. The van der Waals surface area contributed by atoms with Gasteiger partial charge in [-0.1, -0.05) is 15.9 Å². The van der Waals surface area contributed by atoms with E-state index in [9.17, 15) is 19.2 Å². The van der Waals surface area contributed by atoms with Crippen molar-refractivity contribution in [3.8, 4) is 5.75 Å². The van der Waals surface area contributed by atoms with Crippen molar-refractivity contribution in [3.63, 3.8) is 0 Å². The molecule has 1 aromatic carbocycles. The summed E-state index contributed by atoms with van der Waals surface area (Å²) in [6.45, 7) is -0.407. The molecule has 10 heteroatoms. The van der Waals surface area contributed by atoms with E-state index >= 15 is 0 Å². The summed E-state index contributed by atoms with van der Waals surface area (Å²) in [6.07, 6.45) is -0.399. The fourth-order valence-electron chi connectivity index (χ4n) is 1.82. The third-order valence-electron chi connectivity index (χ3n) is 3.15. The maximum absolute atomic E-state index is 12.5. The van der Waals surface area contributed by atoms with Gasteiger partial charge in [-0.2, -0.15) is 0 Å². The number of carbonyl (C=O) groups excluding carboxylic acids is 4. The first-order chi connectivity index (χ1) is 12.3. The van der Waals surface area contributed by atoms with E-state index in [2.05, 4.69) is 35.5 Å². The summed E-state index contributed by atoms with van der Waals surface area (Å²) in [5, 5.41) is 2.38. The number of ether oxygens (including phenoxy) is 4. The van der Waals surface area contributed by atoms with Crippen LogP contribution in [0.25, 0.3) is 0 Å². The maximum atomic E-state index is 12.5. The van der Waals surface area contributed by atoms with Crippen LogP contribution < -0.4 is 10.1 Å². The van der Waals surface area contributed by atoms with Gasteiger partial charge in [0.15, 0.2) is 6.61 Å². The Labute approximate surface area is 158 Å². The maximum Gasteiger partial charge on any atom is 0.343 e. The van der Waals surface area contributed by atoms with Crippen molar-refractivity contribution in [2.75, 3.05) is 27.9 Å². The first-order valence-corrected chi connectivity index (χ1v) is 8.06. The summed E-state index contributed by atoms with van der Waals surface area (Å²) in [4.78, 5) is 46.9. The van der Waals surface area contributed by atoms with Crippen molar-refractivity contribution < 1.29 is 38.1 Å². The molecule has 0 radical (unpaired) electrons. The van der Waals surface area contributed by atoms with E-state index in [0.29, 0.717) is 4.47 Å². The molecular weight excluding hydrogens is 414 g/mol. The summed E-state index contributed by atoms with van der Waals surface area (Å²) in [7, 11) is 3.49. The minimum atomic E-state index is -1.24. The summed E-state index contributed by atoms with van der Waals surface area (Å²) < 4.78 is 19.4. The Morgan fingerprint density at radius 3 is 2.27 bits per heavy atom. The van der Waals surface area contributed by atoms with Crippen LogP contribution >= 0.6 is 15.9 Å². The molecule has 0 saturated heterocycles. The molecule has 26 heavy (non-hydrogen) atoms. The number of amides is 1. The zero-order valence-corrected chi connectivity index (χ0v) is 16.0. The Bertz CT molecular complexity index is 691. The highest BCUT2D eigenvalue weighted by molar-refractivity contribution is 9.10. The van der Waals surface area contributed by atoms with Gasteiger partial charge in [0.05, 0.1) is 33.3 Å². The van der Waals surface area contributed by atoms with Gasteiger partial charge in [0.1, 0.15) is 11.8 Å². The van der Waals surface area contributed by atoms with Crippen molar-refractivity contribution in [3.05, 3.63) is 28.2 Å². The van der Waals surface area contributed by atoms with Gasteiger partial charge in [0.2, 0.25) is 0 Å². The van der Waals surface area contributed by atoms with Crippen LogP contribution in [0.5, 0.6) is 5.75 Å². The van der Waals surface area contributed by atoms with Crippen molar-refractivity contribution in [2.45, 2.75) is 12.5 Å². The fraction of sp³-hybridized carbons (Fsp3) is 0.375. The topological polar surface area (TPSA) is 117 Å². The van der Waals surface area contributed by atoms with E-state index < -0.39 is 42.9 Å². The van der Waals surface area contributed by atoms with Gasteiger partial charge in [-0.15, -0.1) is 0 Å². The number of rotatable bonds is 8. The third kappa shape index (κ3) is 6.36. The predicted molar refractivity (Wildman–Crippen MR) is 91.6 cm³/mol. The lowest BCUT2D eigenvalue weighted by Gasteiger charge is -2.17. The molecule has 142 valence electrons. The second kappa shape index (κ2) is 10.4. The second-order valence-electron chi connectivity index (χ2n) is 4.83. The van der Waals surface area contributed by atoms with E-state index in [-0.39, 0.29) is 11.3 Å². The molecule has 1 atom stereocenters. The number of methoxy groups -OCH3 is 3. The molecule has 0 aliphatic carbocycles. The molecule has 1 rings (SSSR count). The lowest BCUT2D eigenvalue weighted by Crippen LogP contribution is -2.43. The van der Waals surface area contributed by atoms with E-state index in [1.165, 1.54) is 19.2 Å². The molecule has 1 N–H and O–H groups in total. The number of nitrogens with one attached hydrogen (secondary N) is 1. The number of carbonyl (C=O) groups is 4. The Hall–Kier alpha value is -2.62. The average molecular weight is 432 g/mol. The standard InChI is InChI=1S/C16H18BrNO8/c1-23-13(19)7-11(16(22)25-3)18-15(21)10-5-4-9(17)6-12(10)26-8-14(20)24-2/h4-6,11H,7-8H2,1-3H3,(H,18,21)/t11-/m0/s1. The third-order valence-corrected chi connectivity index (χ3v) is 3.64. The Morgan fingerprint density at radius 1 is 1.04 bits per heavy atom. The SMILES string of the molecule is COC(=O)COc1cc(Br)ccc1C(=O)N[C@@H](CC(=O)OC)C(=O)OC. The summed E-state index contributed by atoms with van der Waals surface area (Å²) in [6, 6.07) is 3.24. The molecule has 0 spiro atoms. The highest BCUT2D eigenvalue weighted by atomic mass is 79.9. The van der Waals surface area contributed by atoms with Crippen molar-refractivity contribution >= 4 is 39.7 Å². The van der Waals surface area contributed by atoms with Crippen LogP contribution in [-0.2, 0) is 28.6 Å². The number of hydrogen-bond acceptors (Lipinski definition) is 8. The van der Waals surface area contributed by atoms with Crippen LogP contribution in [0.4, 0.5) is 0 Å². The molecule has 1 amide bonds. The van der Waals surface area contributed by atoms with Crippen molar-refractivity contribution in [2.24, 2.45) is 0 Å².